The van der Waals surface area contributed by atoms with Crippen molar-refractivity contribution in [2.45, 2.75) is 33.1 Å². The van der Waals surface area contributed by atoms with Crippen LogP contribution >= 0.6 is 24.0 Å². The van der Waals surface area contributed by atoms with Crippen LogP contribution in [0.25, 0.3) is 10.9 Å². The maximum absolute atomic E-state index is 4.82. The van der Waals surface area contributed by atoms with Crippen LogP contribution in [-0.2, 0) is 6.42 Å². The predicted molar refractivity (Wildman–Crippen MR) is 126 cm³/mol. The normalized spacial score (nSPS) is 16.3. The van der Waals surface area contributed by atoms with Gasteiger partial charge in [-0.1, -0.05) is 12.1 Å². The molecule has 3 rings (SSSR count). The second kappa shape index (κ2) is 10.9. The summed E-state index contributed by atoms with van der Waals surface area (Å²) in [6.07, 6.45) is 5.64. The molecule has 0 radical (unpaired) electrons. The number of fused-ring (bicyclic) bond motifs is 1. The zero-order valence-corrected chi connectivity index (χ0v) is 19.2. The van der Waals surface area contributed by atoms with Gasteiger partial charge < -0.3 is 20.5 Å². The molecule has 0 atom stereocenters. The van der Waals surface area contributed by atoms with E-state index in [9.17, 15) is 0 Å². The number of aliphatic imine (C=N–C) groups is 1. The maximum atomic E-state index is 4.82. The summed E-state index contributed by atoms with van der Waals surface area (Å²) >= 11 is 0. The fourth-order valence-electron chi connectivity index (χ4n) is 3.63. The van der Waals surface area contributed by atoms with E-state index < -0.39 is 0 Å². The molecule has 6 heteroatoms. The fraction of sp³-hybridized carbons (Fsp3) is 0.571. The van der Waals surface area contributed by atoms with Crippen LogP contribution in [0.4, 0.5) is 0 Å². The first-order valence-corrected chi connectivity index (χ1v) is 9.93. The van der Waals surface area contributed by atoms with Gasteiger partial charge in [-0.2, -0.15) is 0 Å². The van der Waals surface area contributed by atoms with Crippen molar-refractivity contribution in [1.82, 2.24) is 20.5 Å². The molecule has 1 aromatic carbocycles. The highest BCUT2D eigenvalue weighted by Gasteiger charge is 2.16. The van der Waals surface area contributed by atoms with Gasteiger partial charge in [0.1, 0.15) is 0 Å². The summed E-state index contributed by atoms with van der Waals surface area (Å²) in [5.41, 5.74) is 3.88. The molecular formula is C21H34IN5. The Kier molecular flexibility index (Phi) is 8.89. The molecular weight excluding hydrogens is 449 g/mol. The number of halogens is 1. The summed E-state index contributed by atoms with van der Waals surface area (Å²) in [7, 11) is 2.21. The quantitative estimate of drug-likeness (QED) is 0.335. The third-order valence-corrected chi connectivity index (χ3v) is 5.30. The van der Waals surface area contributed by atoms with Crippen LogP contribution in [0.15, 0.2) is 29.4 Å². The molecule has 5 nitrogen and oxygen atoms in total. The van der Waals surface area contributed by atoms with E-state index in [1.165, 1.54) is 48.0 Å². The molecule has 1 aromatic heterocycles. The Labute approximate surface area is 180 Å². The molecule has 1 aliphatic rings. The molecule has 1 aliphatic heterocycles. The van der Waals surface area contributed by atoms with Crippen LogP contribution in [0.5, 0.6) is 0 Å². The number of likely N-dealkylation sites (tertiary alicyclic amines) is 1. The van der Waals surface area contributed by atoms with E-state index in [4.69, 9.17) is 4.99 Å². The van der Waals surface area contributed by atoms with E-state index in [1.807, 2.05) is 0 Å². The summed E-state index contributed by atoms with van der Waals surface area (Å²) in [6, 6.07) is 6.61. The number of hydrogen-bond acceptors (Lipinski definition) is 2. The topological polar surface area (TPSA) is 55.5 Å². The van der Waals surface area contributed by atoms with Crippen LogP contribution in [0.3, 0.4) is 0 Å². The average molecular weight is 483 g/mol. The Balaban J connectivity index is 0.00000261. The average Bonchev–Trinajstić information content (AvgIpc) is 3.03. The second-order valence-corrected chi connectivity index (χ2v) is 7.51. The Hall–Kier alpha value is -1.28. The first-order valence-electron chi connectivity index (χ1n) is 9.93. The number of benzene rings is 1. The summed E-state index contributed by atoms with van der Waals surface area (Å²) < 4.78 is 0. The number of nitrogens with zero attached hydrogens (tertiary/aromatic N) is 2. The molecule has 0 spiro atoms. The van der Waals surface area contributed by atoms with Crippen LogP contribution in [0.1, 0.15) is 30.9 Å². The van der Waals surface area contributed by atoms with Gasteiger partial charge in [0.15, 0.2) is 5.96 Å². The molecule has 0 saturated carbocycles. The van der Waals surface area contributed by atoms with Crippen LogP contribution in [0.2, 0.25) is 0 Å². The number of hydrogen-bond donors (Lipinski definition) is 3. The van der Waals surface area contributed by atoms with Gasteiger partial charge in [-0.3, -0.25) is 4.99 Å². The fourth-order valence-corrected chi connectivity index (χ4v) is 3.63. The largest absolute Gasteiger partial charge is 0.361 e. The van der Waals surface area contributed by atoms with E-state index in [0.29, 0.717) is 0 Å². The lowest BCUT2D eigenvalue weighted by Crippen LogP contribution is -2.39. The van der Waals surface area contributed by atoms with Crippen molar-refractivity contribution in [2.75, 3.05) is 39.8 Å². The Bertz CT molecular complexity index is 731. The van der Waals surface area contributed by atoms with Gasteiger partial charge in [-0.05, 0) is 76.4 Å². The van der Waals surface area contributed by atoms with Gasteiger partial charge in [-0.15, -0.1) is 24.0 Å². The van der Waals surface area contributed by atoms with Crippen molar-refractivity contribution in [3.63, 3.8) is 0 Å². The van der Waals surface area contributed by atoms with Crippen molar-refractivity contribution < 1.29 is 0 Å². The standard InChI is InChI=1S/C21H33N5.HI/c1-4-22-21(25-14-17-8-11-26(3)12-9-17)23-10-7-18-15-24-20-13-16(2)5-6-19(18)20;/h5-6,13,15,17,24H,4,7-12,14H2,1-3H3,(H2,22,23,25);1H. The van der Waals surface area contributed by atoms with Crippen molar-refractivity contribution >= 4 is 40.8 Å². The van der Waals surface area contributed by atoms with Gasteiger partial charge in [0, 0.05) is 36.7 Å². The van der Waals surface area contributed by atoms with Crippen molar-refractivity contribution in [2.24, 2.45) is 10.9 Å². The van der Waals surface area contributed by atoms with Crippen LogP contribution < -0.4 is 10.6 Å². The van der Waals surface area contributed by atoms with Crippen LogP contribution in [0, 0.1) is 12.8 Å². The van der Waals surface area contributed by atoms with E-state index in [2.05, 4.69) is 65.8 Å². The number of piperidine rings is 1. The smallest absolute Gasteiger partial charge is 0.191 e. The summed E-state index contributed by atoms with van der Waals surface area (Å²) in [5.74, 6) is 1.67. The lowest BCUT2D eigenvalue weighted by molar-refractivity contribution is 0.223. The molecule has 0 amide bonds. The lowest BCUT2D eigenvalue weighted by Gasteiger charge is -2.28. The minimum Gasteiger partial charge on any atom is -0.361 e. The first kappa shape index (κ1) is 22.0. The SMILES string of the molecule is CCNC(=NCC1CCN(C)CC1)NCCc1c[nH]c2cc(C)ccc12.I. The Morgan fingerprint density at radius 2 is 2.04 bits per heavy atom. The highest BCUT2D eigenvalue weighted by atomic mass is 127. The molecule has 150 valence electrons. The minimum absolute atomic E-state index is 0. The van der Waals surface area contributed by atoms with E-state index in [1.54, 1.807) is 0 Å². The Morgan fingerprint density at radius 3 is 2.78 bits per heavy atom. The molecule has 2 heterocycles. The second-order valence-electron chi connectivity index (χ2n) is 7.51. The molecule has 1 fully saturated rings. The number of aromatic nitrogens is 1. The predicted octanol–water partition coefficient (Wildman–Crippen LogP) is 3.53. The highest BCUT2D eigenvalue weighted by Crippen LogP contribution is 2.19. The molecule has 27 heavy (non-hydrogen) atoms. The first-order chi connectivity index (χ1) is 12.7. The number of aryl methyl sites for hydroxylation is 1. The van der Waals surface area contributed by atoms with Gasteiger partial charge in [-0.25, -0.2) is 0 Å². The summed E-state index contributed by atoms with van der Waals surface area (Å²) in [5, 5.41) is 8.20. The third kappa shape index (κ3) is 6.38. The monoisotopic (exact) mass is 483 g/mol. The molecule has 1 saturated heterocycles. The zero-order chi connectivity index (χ0) is 18.4. The van der Waals surface area contributed by atoms with Gasteiger partial charge in [0.2, 0.25) is 0 Å². The maximum Gasteiger partial charge on any atom is 0.191 e. The lowest BCUT2D eigenvalue weighted by atomic mass is 9.97. The summed E-state index contributed by atoms with van der Waals surface area (Å²) in [6.45, 7) is 9.36. The molecule has 0 aliphatic carbocycles. The number of guanidine groups is 1. The molecule has 3 N–H and O–H groups in total. The molecule has 2 aromatic rings. The highest BCUT2D eigenvalue weighted by molar-refractivity contribution is 14.0. The Morgan fingerprint density at radius 1 is 1.26 bits per heavy atom. The number of nitrogens with one attached hydrogen (secondary N) is 3. The van der Waals surface area contributed by atoms with Crippen molar-refractivity contribution in [3.8, 4) is 0 Å². The molecule has 0 bridgehead atoms. The van der Waals surface area contributed by atoms with Crippen molar-refractivity contribution in [3.05, 3.63) is 35.5 Å². The third-order valence-electron chi connectivity index (χ3n) is 5.30. The van der Waals surface area contributed by atoms with Gasteiger partial charge in [0.25, 0.3) is 0 Å². The minimum atomic E-state index is 0. The summed E-state index contributed by atoms with van der Waals surface area (Å²) in [4.78, 5) is 10.6. The van der Waals surface area contributed by atoms with Gasteiger partial charge >= 0.3 is 0 Å². The number of aromatic amines is 1. The number of rotatable bonds is 6. The zero-order valence-electron chi connectivity index (χ0n) is 16.8. The number of H-pyrrole nitrogens is 1. The van der Waals surface area contributed by atoms with Crippen LogP contribution in [-0.4, -0.2) is 55.6 Å². The van der Waals surface area contributed by atoms with Crippen molar-refractivity contribution in [1.29, 1.82) is 0 Å². The van der Waals surface area contributed by atoms with E-state index >= 15 is 0 Å². The van der Waals surface area contributed by atoms with Gasteiger partial charge in [0.05, 0.1) is 0 Å². The van der Waals surface area contributed by atoms with E-state index in [-0.39, 0.29) is 24.0 Å². The van der Waals surface area contributed by atoms with E-state index in [0.717, 1.165) is 37.9 Å². The molecule has 0 unspecified atom stereocenters.